The van der Waals surface area contributed by atoms with Crippen molar-refractivity contribution < 1.29 is 0 Å². The average molecular weight is 275 g/mol. The van der Waals surface area contributed by atoms with Crippen LogP contribution in [-0.4, -0.2) is 19.7 Å². The number of hydrogen-bond donors (Lipinski definition) is 1. The molecule has 1 aromatic carbocycles. The van der Waals surface area contributed by atoms with Gasteiger partial charge in [-0.15, -0.1) is 16.8 Å². The molecule has 0 fully saturated rings. The van der Waals surface area contributed by atoms with E-state index in [0.29, 0.717) is 6.42 Å². The number of rotatable bonds is 2. The summed E-state index contributed by atoms with van der Waals surface area (Å²) in [4.78, 5) is 4.44. The summed E-state index contributed by atoms with van der Waals surface area (Å²) in [5.41, 5.74) is 2.94. The lowest BCUT2D eigenvalue weighted by molar-refractivity contribution is 0.922. The van der Waals surface area contributed by atoms with Crippen molar-refractivity contribution in [1.29, 1.82) is 0 Å². The summed E-state index contributed by atoms with van der Waals surface area (Å²) in [6, 6.07) is 12.0. The first kappa shape index (κ1) is 11.8. The number of fused-ring (bicyclic) bond motifs is 5. The third kappa shape index (κ3) is 1.74. The second-order valence-electron chi connectivity index (χ2n) is 4.81. The van der Waals surface area contributed by atoms with Gasteiger partial charge in [0.25, 0.3) is 0 Å². The first-order valence-corrected chi connectivity index (χ1v) is 6.75. The Hall–Kier alpha value is -2.95. The Bertz CT molecular complexity index is 834. The van der Waals surface area contributed by atoms with Gasteiger partial charge in [0.05, 0.1) is 11.4 Å². The predicted molar refractivity (Wildman–Crippen MR) is 81.8 cm³/mol. The highest BCUT2D eigenvalue weighted by atomic mass is 15.3. The molecule has 4 rings (SSSR count). The van der Waals surface area contributed by atoms with Gasteiger partial charge in [-0.1, -0.05) is 18.2 Å². The summed E-state index contributed by atoms with van der Waals surface area (Å²) < 4.78 is 2.04. The van der Waals surface area contributed by atoms with E-state index in [1.54, 1.807) is 6.20 Å². The zero-order valence-electron chi connectivity index (χ0n) is 11.3. The smallest absolute Gasteiger partial charge is 0.170 e. The minimum absolute atomic E-state index is 0.656. The van der Waals surface area contributed by atoms with Crippen molar-refractivity contribution in [2.24, 2.45) is 0 Å². The summed E-state index contributed by atoms with van der Waals surface area (Å²) in [5, 5.41) is 12.1. The van der Waals surface area contributed by atoms with E-state index in [-0.39, 0.29) is 0 Å². The molecule has 3 aromatic rings. The molecular formula is C16H13N5. The highest BCUT2D eigenvalue weighted by Gasteiger charge is 2.23. The molecular weight excluding hydrogens is 262 g/mol. The summed E-state index contributed by atoms with van der Waals surface area (Å²) >= 11 is 0. The molecule has 21 heavy (non-hydrogen) atoms. The molecule has 0 unspecified atom stereocenters. The molecule has 5 heteroatoms. The van der Waals surface area contributed by atoms with Crippen molar-refractivity contribution in [3.05, 3.63) is 61.1 Å². The quantitative estimate of drug-likeness (QED) is 0.571. The zero-order valence-corrected chi connectivity index (χ0v) is 11.3. The number of aromatic nitrogens is 4. The van der Waals surface area contributed by atoms with Crippen LogP contribution in [0.1, 0.15) is 5.82 Å². The summed E-state index contributed by atoms with van der Waals surface area (Å²) in [6.45, 7) is 3.80. The molecule has 0 saturated heterocycles. The fraction of sp³-hybridized carbons (Fsp3) is 0.0625. The molecule has 0 radical (unpaired) electrons. The lowest BCUT2D eigenvalue weighted by Crippen LogP contribution is -2.03. The number of hydrogen-bond acceptors (Lipinski definition) is 4. The van der Waals surface area contributed by atoms with Crippen LogP contribution < -0.4 is 5.32 Å². The van der Waals surface area contributed by atoms with Gasteiger partial charge < -0.3 is 5.32 Å². The van der Waals surface area contributed by atoms with Crippen LogP contribution in [-0.2, 0) is 6.42 Å². The van der Waals surface area contributed by atoms with Gasteiger partial charge in [-0.3, -0.25) is 4.57 Å². The van der Waals surface area contributed by atoms with E-state index in [9.17, 15) is 0 Å². The molecule has 1 N–H and O–H groups in total. The van der Waals surface area contributed by atoms with Crippen LogP contribution in [0.4, 0.5) is 11.5 Å². The van der Waals surface area contributed by atoms with Gasteiger partial charge in [-0.2, -0.15) is 0 Å². The van der Waals surface area contributed by atoms with Crippen LogP contribution in [0.25, 0.3) is 17.1 Å². The fourth-order valence-corrected chi connectivity index (χ4v) is 2.59. The molecule has 0 atom stereocenters. The van der Waals surface area contributed by atoms with Gasteiger partial charge in [0.2, 0.25) is 0 Å². The number of benzene rings is 1. The molecule has 3 heterocycles. The van der Waals surface area contributed by atoms with Crippen molar-refractivity contribution in [2.75, 3.05) is 5.32 Å². The summed E-state index contributed by atoms with van der Waals surface area (Å²) in [5.74, 6) is 2.48. The van der Waals surface area contributed by atoms with Gasteiger partial charge in [0, 0.05) is 18.2 Å². The second-order valence-corrected chi connectivity index (χ2v) is 4.81. The fourth-order valence-electron chi connectivity index (χ4n) is 2.59. The van der Waals surface area contributed by atoms with Gasteiger partial charge in [0.1, 0.15) is 5.82 Å². The largest absolute Gasteiger partial charge is 0.338 e. The molecule has 0 amide bonds. The standard InChI is InChI=1S/C16H13N5/c1-2-6-14-19-20-16-11-7-3-4-8-12(11)18-15-13(21(14)16)9-5-10-17-15/h2-5,7-10H,1,6H2,(H,17,18). The Morgan fingerprint density at radius 3 is 2.95 bits per heavy atom. The molecule has 0 aliphatic carbocycles. The number of nitrogens with zero attached hydrogens (tertiary/aromatic N) is 4. The molecule has 0 saturated carbocycles. The lowest BCUT2D eigenvalue weighted by Gasteiger charge is -2.09. The monoisotopic (exact) mass is 275 g/mol. The Balaban J connectivity index is 2.08. The van der Waals surface area contributed by atoms with Gasteiger partial charge in [0.15, 0.2) is 11.6 Å². The van der Waals surface area contributed by atoms with E-state index < -0.39 is 0 Å². The number of nitrogens with one attached hydrogen (secondary N) is 1. The van der Waals surface area contributed by atoms with E-state index in [0.717, 1.165) is 34.4 Å². The Morgan fingerprint density at radius 1 is 1.14 bits per heavy atom. The maximum absolute atomic E-state index is 4.44. The molecule has 2 aromatic heterocycles. The minimum atomic E-state index is 0.656. The third-order valence-corrected chi connectivity index (χ3v) is 3.51. The van der Waals surface area contributed by atoms with Crippen LogP contribution in [0, 0.1) is 0 Å². The highest BCUT2D eigenvalue weighted by Crippen LogP contribution is 2.36. The predicted octanol–water partition coefficient (Wildman–Crippen LogP) is 3.11. The maximum atomic E-state index is 4.44. The first-order valence-electron chi connectivity index (χ1n) is 6.75. The number of pyridine rings is 1. The summed E-state index contributed by atoms with van der Waals surface area (Å²) in [6.07, 6.45) is 4.26. The SMILES string of the molecule is C=CCc1nnc2n1-c1cccnc1Nc1ccccc1-2. The minimum Gasteiger partial charge on any atom is -0.338 e. The van der Waals surface area contributed by atoms with E-state index in [1.807, 2.05) is 47.0 Å². The van der Waals surface area contributed by atoms with E-state index in [2.05, 4.69) is 27.1 Å². The van der Waals surface area contributed by atoms with Crippen molar-refractivity contribution in [1.82, 2.24) is 19.7 Å². The molecule has 0 spiro atoms. The average Bonchev–Trinajstić information content (AvgIpc) is 2.86. The van der Waals surface area contributed by atoms with E-state index in [1.165, 1.54) is 0 Å². The van der Waals surface area contributed by atoms with Crippen molar-refractivity contribution in [3.63, 3.8) is 0 Å². The van der Waals surface area contributed by atoms with E-state index >= 15 is 0 Å². The maximum Gasteiger partial charge on any atom is 0.170 e. The number of para-hydroxylation sites is 1. The van der Waals surface area contributed by atoms with Crippen molar-refractivity contribution in [2.45, 2.75) is 6.42 Å². The molecule has 5 nitrogen and oxygen atoms in total. The number of allylic oxidation sites excluding steroid dienone is 1. The normalized spacial score (nSPS) is 11.6. The van der Waals surface area contributed by atoms with Crippen LogP contribution in [0.3, 0.4) is 0 Å². The van der Waals surface area contributed by atoms with Crippen molar-refractivity contribution >= 4 is 11.5 Å². The van der Waals surface area contributed by atoms with Crippen LogP contribution in [0.5, 0.6) is 0 Å². The lowest BCUT2D eigenvalue weighted by atomic mass is 10.1. The van der Waals surface area contributed by atoms with Gasteiger partial charge in [-0.05, 0) is 24.3 Å². The van der Waals surface area contributed by atoms with Crippen molar-refractivity contribution in [3.8, 4) is 17.1 Å². The summed E-state index contributed by atoms with van der Waals surface area (Å²) in [7, 11) is 0. The highest BCUT2D eigenvalue weighted by molar-refractivity contribution is 5.83. The Kier molecular flexibility index (Phi) is 2.57. The molecule has 1 aliphatic rings. The van der Waals surface area contributed by atoms with Gasteiger partial charge in [-0.25, -0.2) is 4.98 Å². The van der Waals surface area contributed by atoms with E-state index in [4.69, 9.17) is 0 Å². The molecule has 0 bridgehead atoms. The van der Waals surface area contributed by atoms with Crippen LogP contribution >= 0.6 is 0 Å². The number of anilines is 2. The topological polar surface area (TPSA) is 55.6 Å². The Labute approximate surface area is 122 Å². The van der Waals surface area contributed by atoms with Crippen LogP contribution in [0.2, 0.25) is 0 Å². The van der Waals surface area contributed by atoms with Crippen LogP contribution in [0.15, 0.2) is 55.3 Å². The molecule has 1 aliphatic heterocycles. The first-order chi connectivity index (χ1) is 10.4. The Morgan fingerprint density at radius 2 is 2.05 bits per heavy atom. The van der Waals surface area contributed by atoms with Gasteiger partial charge >= 0.3 is 0 Å². The molecule has 102 valence electrons. The third-order valence-electron chi connectivity index (χ3n) is 3.51. The second kappa shape index (κ2) is 4.56. The zero-order chi connectivity index (χ0) is 14.2.